The maximum Gasteiger partial charge on any atom is 0.290 e. The van der Waals surface area contributed by atoms with Gasteiger partial charge in [0.25, 0.3) is 17.6 Å². The Morgan fingerprint density at radius 3 is 2.55 bits per heavy atom. The molecule has 0 radical (unpaired) electrons. The highest BCUT2D eigenvalue weighted by molar-refractivity contribution is 6.03. The molecule has 1 fully saturated rings. The third-order valence-corrected chi connectivity index (χ3v) is 5.27. The Morgan fingerprint density at radius 1 is 1.15 bits per heavy atom. The molecular formula is C22H23FN6O4. The molecule has 10 nitrogen and oxygen atoms in total. The van der Waals surface area contributed by atoms with Crippen molar-refractivity contribution in [2.24, 2.45) is 5.73 Å². The minimum atomic E-state index is -1.05. The maximum atomic E-state index is 13.5. The number of primary amides is 1. The van der Waals surface area contributed by atoms with Gasteiger partial charge in [0.05, 0.1) is 12.1 Å². The Kier molecular flexibility index (Phi) is 6.59. The van der Waals surface area contributed by atoms with Crippen LogP contribution in [0, 0.1) is 5.82 Å². The molecule has 1 saturated heterocycles. The fraction of sp³-hybridized carbons (Fsp3) is 0.318. The van der Waals surface area contributed by atoms with Crippen LogP contribution in [0.25, 0.3) is 11.1 Å². The highest BCUT2D eigenvalue weighted by atomic mass is 19.1. The number of carbonyl (C=O) groups is 2. The summed E-state index contributed by atoms with van der Waals surface area (Å²) in [6.07, 6.45) is 0.805. The zero-order valence-electron chi connectivity index (χ0n) is 17.7. The van der Waals surface area contributed by atoms with Crippen LogP contribution >= 0.6 is 0 Å². The number of hydrogen-bond donors (Lipinski definition) is 2. The molecule has 2 aromatic carbocycles. The zero-order chi connectivity index (χ0) is 23.4. The number of amides is 2. The standard InChI is InChI=1S/C22H23FN6O4/c23-15-8-6-14(7-9-15)17-4-3-5-18(19(17)22(32)28-10-1-2-11-28)33-13-16(30)12-29-26-21(20(24)31)25-27-29/h3-9,16,30H,1-2,10-13H2,(H2,24,31). The smallest absolute Gasteiger partial charge is 0.290 e. The molecule has 2 amide bonds. The summed E-state index contributed by atoms with van der Waals surface area (Å²) in [5.74, 6) is -1.33. The van der Waals surface area contributed by atoms with E-state index in [0.717, 1.165) is 17.6 Å². The van der Waals surface area contributed by atoms with Gasteiger partial charge in [-0.15, -0.1) is 10.2 Å². The molecule has 1 aliphatic heterocycles. The van der Waals surface area contributed by atoms with E-state index in [2.05, 4.69) is 15.4 Å². The molecule has 1 aliphatic rings. The maximum absolute atomic E-state index is 13.5. The first-order valence-electron chi connectivity index (χ1n) is 10.5. The Balaban J connectivity index is 1.57. The second kappa shape index (κ2) is 9.74. The third-order valence-electron chi connectivity index (χ3n) is 5.27. The molecular weight excluding hydrogens is 431 g/mol. The summed E-state index contributed by atoms with van der Waals surface area (Å²) >= 11 is 0. The first-order chi connectivity index (χ1) is 15.9. The number of ether oxygens (including phenoxy) is 1. The van der Waals surface area contributed by atoms with E-state index in [1.165, 1.54) is 12.1 Å². The van der Waals surface area contributed by atoms with Gasteiger partial charge in [-0.2, -0.15) is 4.80 Å². The second-order valence-corrected chi connectivity index (χ2v) is 7.68. The number of likely N-dealkylation sites (tertiary alicyclic amines) is 1. The van der Waals surface area contributed by atoms with Crippen LogP contribution in [-0.2, 0) is 6.54 Å². The molecule has 3 N–H and O–H groups in total. The van der Waals surface area contributed by atoms with Crippen LogP contribution in [0.4, 0.5) is 4.39 Å². The van der Waals surface area contributed by atoms with E-state index >= 15 is 0 Å². The Hall–Kier alpha value is -3.86. The van der Waals surface area contributed by atoms with E-state index in [1.54, 1.807) is 35.2 Å². The van der Waals surface area contributed by atoms with Crippen LogP contribution in [0.2, 0.25) is 0 Å². The first kappa shape index (κ1) is 22.3. The van der Waals surface area contributed by atoms with E-state index < -0.39 is 12.0 Å². The van der Waals surface area contributed by atoms with E-state index in [-0.39, 0.29) is 30.7 Å². The minimum absolute atomic E-state index is 0.0899. The second-order valence-electron chi connectivity index (χ2n) is 7.68. The summed E-state index contributed by atoms with van der Waals surface area (Å²) in [6.45, 7) is 1.05. The molecule has 4 rings (SSSR count). The van der Waals surface area contributed by atoms with Crippen LogP contribution < -0.4 is 10.5 Å². The lowest BCUT2D eigenvalue weighted by Gasteiger charge is -2.21. The van der Waals surface area contributed by atoms with Gasteiger partial charge < -0.3 is 20.5 Å². The van der Waals surface area contributed by atoms with Gasteiger partial charge in [-0.05, 0) is 47.4 Å². The Bertz CT molecular complexity index is 1140. The minimum Gasteiger partial charge on any atom is -0.490 e. The molecule has 0 saturated carbocycles. The normalized spacial score (nSPS) is 14.3. The van der Waals surface area contributed by atoms with Crippen LogP contribution in [0.15, 0.2) is 42.5 Å². The van der Waals surface area contributed by atoms with Gasteiger partial charge in [0.1, 0.15) is 24.3 Å². The molecule has 0 spiro atoms. The highest BCUT2D eigenvalue weighted by Gasteiger charge is 2.26. The van der Waals surface area contributed by atoms with Gasteiger partial charge in [-0.25, -0.2) is 4.39 Å². The fourth-order valence-electron chi connectivity index (χ4n) is 3.67. The lowest BCUT2D eigenvalue weighted by Crippen LogP contribution is -2.29. The molecule has 2 heterocycles. The van der Waals surface area contributed by atoms with Crippen molar-refractivity contribution in [1.29, 1.82) is 0 Å². The summed E-state index contributed by atoms with van der Waals surface area (Å²) in [5, 5.41) is 21.3. The van der Waals surface area contributed by atoms with Crippen molar-refractivity contribution in [3.05, 3.63) is 59.7 Å². The van der Waals surface area contributed by atoms with Gasteiger partial charge in [-0.1, -0.05) is 24.3 Å². The number of tetrazole rings is 1. The van der Waals surface area contributed by atoms with Crippen LogP contribution in [0.1, 0.15) is 33.8 Å². The predicted octanol–water partition coefficient (Wildman–Crippen LogP) is 1.25. The molecule has 0 aliphatic carbocycles. The van der Waals surface area contributed by atoms with Crippen molar-refractivity contribution in [2.45, 2.75) is 25.5 Å². The number of nitrogens with two attached hydrogens (primary N) is 1. The summed E-state index contributed by atoms with van der Waals surface area (Å²) in [5.41, 5.74) is 6.74. The largest absolute Gasteiger partial charge is 0.490 e. The van der Waals surface area contributed by atoms with E-state index in [0.29, 0.717) is 35.5 Å². The number of aliphatic hydroxyl groups excluding tert-OH is 1. The van der Waals surface area contributed by atoms with Crippen molar-refractivity contribution in [3.63, 3.8) is 0 Å². The van der Waals surface area contributed by atoms with Gasteiger partial charge in [0.2, 0.25) is 0 Å². The van der Waals surface area contributed by atoms with Gasteiger partial charge >= 0.3 is 0 Å². The number of benzene rings is 2. The third kappa shape index (κ3) is 5.14. The topological polar surface area (TPSA) is 136 Å². The van der Waals surface area contributed by atoms with Crippen LogP contribution in [0.5, 0.6) is 5.75 Å². The summed E-state index contributed by atoms with van der Waals surface area (Å²) in [6, 6.07) is 11.1. The molecule has 1 unspecified atom stereocenters. The number of aliphatic hydroxyl groups is 1. The molecule has 1 aromatic heterocycles. The van der Waals surface area contributed by atoms with Gasteiger partial charge in [0, 0.05) is 13.1 Å². The van der Waals surface area contributed by atoms with Crippen molar-refractivity contribution in [3.8, 4) is 16.9 Å². The number of carbonyl (C=O) groups excluding carboxylic acids is 2. The average molecular weight is 454 g/mol. The molecule has 0 bridgehead atoms. The average Bonchev–Trinajstić information content (AvgIpc) is 3.50. The molecule has 3 aromatic rings. The van der Waals surface area contributed by atoms with Crippen molar-refractivity contribution in [1.82, 2.24) is 25.1 Å². The first-order valence-corrected chi connectivity index (χ1v) is 10.5. The summed E-state index contributed by atoms with van der Waals surface area (Å²) in [4.78, 5) is 27.3. The van der Waals surface area contributed by atoms with E-state index in [1.807, 2.05) is 0 Å². The summed E-state index contributed by atoms with van der Waals surface area (Å²) in [7, 11) is 0. The predicted molar refractivity (Wildman–Crippen MR) is 115 cm³/mol. The molecule has 1 atom stereocenters. The van der Waals surface area contributed by atoms with Crippen LogP contribution in [-0.4, -0.2) is 67.8 Å². The van der Waals surface area contributed by atoms with Gasteiger partial charge in [0.15, 0.2) is 0 Å². The molecule has 33 heavy (non-hydrogen) atoms. The SMILES string of the molecule is NC(=O)c1nnn(CC(O)COc2cccc(-c3ccc(F)cc3)c2C(=O)N2CCCC2)n1. The van der Waals surface area contributed by atoms with Crippen molar-refractivity contribution >= 4 is 11.8 Å². The number of hydrogen-bond acceptors (Lipinski definition) is 7. The monoisotopic (exact) mass is 454 g/mol. The van der Waals surface area contributed by atoms with Gasteiger partial charge in [-0.3, -0.25) is 9.59 Å². The lowest BCUT2D eigenvalue weighted by molar-refractivity contribution is 0.0752. The van der Waals surface area contributed by atoms with E-state index in [4.69, 9.17) is 10.5 Å². The Morgan fingerprint density at radius 2 is 1.88 bits per heavy atom. The number of aromatic nitrogens is 4. The van der Waals surface area contributed by atoms with Crippen molar-refractivity contribution < 1.29 is 23.8 Å². The van der Waals surface area contributed by atoms with Crippen molar-refractivity contribution in [2.75, 3.05) is 19.7 Å². The summed E-state index contributed by atoms with van der Waals surface area (Å²) < 4.78 is 19.3. The lowest BCUT2D eigenvalue weighted by atomic mass is 9.97. The fourth-order valence-corrected chi connectivity index (χ4v) is 3.67. The quantitative estimate of drug-likeness (QED) is 0.523. The number of rotatable bonds is 8. The Labute approximate surface area is 188 Å². The number of nitrogens with zero attached hydrogens (tertiary/aromatic N) is 5. The zero-order valence-corrected chi connectivity index (χ0v) is 17.7. The van der Waals surface area contributed by atoms with Crippen LogP contribution in [0.3, 0.4) is 0 Å². The molecule has 172 valence electrons. The van der Waals surface area contributed by atoms with E-state index in [9.17, 15) is 19.1 Å². The highest BCUT2D eigenvalue weighted by Crippen LogP contribution is 2.33. The number of halogens is 1. The molecule has 11 heteroatoms.